The van der Waals surface area contributed by atoms with E-state index in [-0.39, 0.29) is 11.6 Å². The van der Waals surface area contributed by atoms with Crippen LogP contribution in [0.4, 0.5) is 0 Å². The zero-order chi connectivity index (χ0) is 21.4. The minimum atomic E-state index is -0.219. The highest BCUT2D eigenvalue weighted by Crippen LogP contribution is 2.34. The Morgan fingerprint density at radius 1 is 1.03 bits per heavy atom. The highest BCUT2D eigenvalue weighted by Gasteiger charge is 2.33. The number of nitrogens with one attached hydrogen (secondary N) is 1. The number of fused-ring (bicyclic) bond motifs is 1. The molecule has 1 aliphatic carbocycles. The summed E-state index contributed by atoms with van der Waals surface area (Å²) in [6.45, 7) is 6.08. The highest BCUT2D eigenvalue weighted by molar-refractivity contribution is 5.83. The van der Waals surface area contributed by atoms with E-state index in [9.17, 15) is 4.79 Å². The molecule has 3 aromatic rings. The number of hydrogen-bond donors (Lipinski definition) is 1. The fourth-order valence-corrected chi connectivity index (χ4v) is 5.39. The van der Waals surface area contributed by atoms with Crippen molar-refractivity contribution in [1.29, 1.82) is 0 Å². The second-order valence-electron chi connectivity index (χ2n) is 9.30. The molecule has 3 heterocycles. The number of rotatable bonds is 4. The van der Waals surface area contributed by atoms with Crippen molar-refractivity contribution < 1.29 is 0 Å². The molecule has 1 aromatic carbocycles. The molecule has 0 spiro atoms. The standard InChI is InChI=1S/C24H32N6O/c1-16-11-12-18-15-20(24(31)25-21(18)17(16)2)22(29-13-7-3-4-8-14-29)23-26-27-28-30(23)19-9-5-6-10-19/h11-12,15,19,22H,3-10,13-14H2,1-2H3,(H,25,31). The third-order valence-corrected chi connectivity index (χ3v) is 7.31. The van der Waals surface area contributed by atoms with E-state index in [4.69, 9.17) is 0 Å². The van der Waals surface area contributed by atoms with Crippen molar-refractivity contribution in [1.82, 2.24) is 30.1 Å². The average Bonchev–Trinajstić information content (AvgIpc) is 3.39. The summed E-state index contributed by atoms with van der Waals surface area (Å²) >= 11 is 0. The number of hydrogen-bond acceptors (Lipinski definition) is 5. The summed E-state index contributed by atoms with van der Waals surface area (Å²) in [6.07, 6.45) is 9.42. The molecule has 1 aliphatic heterocycles. The predicted molar refractivity (Wildman–Crippen MR) is 121 cm³/mol. The second-order valence-corrected chi connectivity index (χ2v) is 9.30. The van der Waals surface area contributed by atoms with Crippen molar-refractivity contribution >= 4 is 10.9 Å². The molecule has 1 saturated carbocycles. The Labute approximate surface area is 182 Å². The van der Waals surface area contributed by atoms with E-state index in [0.717, 1.165) is 66.6 Å². The van der Waals surface area contributed by atoms with Crippen molar-refractivity contribution in [2.45, 2.75) is 77.3 Å². The Kier molecular flexibility index (Phi) is 5.61. The maximum Gasteiger partial charge on any atom is 0.253 e. The average molecular weight is 421 g/mol. The molecule has 2 fully saturated rings. The molecule has 7 nitrogen and oxygen atoms in total. The zero-order valence-corrected chi connectivity index (χ0v) is 18.6. The van der Waals surface area contributed by atoms with Gasteiger partial charge in [-0.05, 0) is 85.6 Å². The number of aromatic amines is 1. The summed E-state index contributed by atoms with van der Waals surface area (Å²) in [7, 11) is 0. The molecule has 1 N–H and O–H groups in total. The Hall–Kier alpha value is -2.54. The van der Waals surface area contributed by atoms with Gasteiger partial charge in [-0.3, -0.25) is 9.69 Å². The van der Waals surface area contributed by atoms with Gasteiger partial charge < -0.3 is 4.98 Å². The summed E-state index contributed by atoms with van der Waals surface area (Å²) in [4.78, 5) is 19.1. The van der Waals surface area contributed by atoms with Crippen LogP contribution in [0, 0.1) is 13.8 Å². The van der Waals surface area contributed by atoms with Gasteiger partial charge in [0, 0.05) is 5.56 Å². The topological polar surface area (TPSA) is 79.7 Å². The Morgan fingerprint density at radius 2 is 1.77 bits per heavy atom. The van der Waals surface area contributed by atoms with Crippen LogP contribution in [0.5, 0.6) is 0 Å². The molecule has 1 saturated heterocycles. The van der Waals surface area contributed by atoms with Crippen molar-refractivity contribution in [2.24, 2.45) is 0 Å². The quantitative estimate of drug-likeness (QED) is 0.684. The fraction of sp³-hybridized carbons (Fsp3) is 0.583. The van der Waals surface area contributed by atoms with Gasteiger partial charge in [0.05, 0.1) is 11.6 Å². The van der Waals surface area contributed by atoms with E-state index in [2.05, 4.69) is 57.5 Å². The first-order valence-corrected chi connectivity index (χ1v) is 11.8. The van der Waals surface area contributed by atoms with Crippen molar-refractivity contribution in [3.63, 3.8) is 0 Å². The van der Waals surface area contributed by atoms with E-state index in [0.29, 0.717) is 6.04 Å². The number of H-pyrrole nitrogens is 1. The third kappa shape index (κ3) is 3.80. The molecule has 2 aliphatic rings. The van der Waals surface area contributed by atoms with Crippen LogP contribution in [-0.4, -0.2) is 43.2 Å². The van der Waals surface area contributed by atoms with Gasteiger partial charge in [0.25, 0.3) is 5.56 Å². The number of likely N-dealkylation sites (tertiary alicyclic amines) is 1. The lowest BCUT2D eigenvalue weighted by Crippen LogP contribution is -2.36. The second kappa shape index (κ2) is 8.54. The van der Waals surface area contributed by atoms with Crippen LogP contribution >= 0.6 is 0 Å². The van der Waals surface area contributed by atoms with Gasteiger partial charge >= 0.3 is 0 Å². The molecule has 31 heavy (non-hydrogen) atoms. The van der Waals surface area contributed by atoms with E-state index in [1.807, 2.05) is 4.68 Å². The number of pyridine rings is 1. The number of aryl methyl sites for hydroxylation is 2. The van der Waals surface area contributed by atoms with E-state index < -0.39 is 0 Å². The van der Waals surface area contributed by atoms with Crippen LogP contribution in [0.25, 0.3) is 10.9 Å². The lowest BCUT2D eigenvalue weighted by Gasteiger charge is -2.30. The van der Waals surface area contributed by atoms with Crippen molar-refractivity contribution in [3.05, 3.63) is 51.1 Å². The molecule has 5 rings (SSSR count). The van der Waals surface area contributed by atoms with E-state index >= 15 is 0 Å². The smallest absolute Gasteiger partial charge is 0.253 e. The number of nitrogens with zero attached hydrogens (tertiary/aromatic N) is 5. The Balaban J connectivity index is 1.66. The molecule has 0 bridgehead atoms. The van der Waals surface area contributed by atoms with Crippen molar-refractivity contribution in [2.75, 3.05) is 13.1 Å². The van der Waals surface area contributed by atoms with Crippen LogP contribution in [0.2, 0.25) is 0 Å². The maximum absolute atomic E-state index is 13.4. The summed E-state index contributed by atoms with van der Waals surface area (Å²) in [6, 6.07) is 6.43. The van der Waals surface area contributed by atoms with E-state index in [1.165, 1.54) is 31.2 Å². The molecule has 0 radical (unpaired) electrons. The first-order valence-electron chi connectivity index (χ1n) is 11.8. The summed E-state index contributed by atoms with van der Waals surface area (Å²) < 4.78 is 2.02. The molecular formula is C24H32N6O. The van der Waals surface area contributed by atoms with Crippen LogP contribution in [-0.2, 0) is 0 Å². The van der Waals surface area contributed by atoms with Crippen molar-refractivity contribution in [3.8, 4) is 0 Å². The van der Waals surface area contributed by atoms with Gasteiger partial charge in [-0.1, -0.05) is 37.8 Å². The van der Waals surface area contributed by atoms with Crippen LogP contribution < -0.4 is 5.56 Å². The first-order chi connectivity index (χ1) is 15.1. The molecule has 7 heteroatoms. The first kappa shape index (κ1) is 20.4. The number of aromatic nitrogens is 5. The minimum Gasteiger partial charge on any atom is -0.321 e. The van der Waals surface area contributed by atoms with Gasteiger partial charge in [-0.25, -0.2) is 4.68 Å². The van der Waals surface area contributed by atoms with Gasteiger partial charge in [-0.2, -0.15) is 0 Å². The highest BCUT2D eigenvalue weighted by atomic mass is 16.1. The fourth-order valence-electron chi connectivity index (χ4n) is 5.39. The van der Waals surface area contributed by atoms with Gasteiger partial charge in [0.15, 0.2) is 5.82 Å². The number of benzene rings is 1. The van der Waals surface area contributed by atoms with Crippen LogP contribution in [0.3, 0.4) is 0 Å². The van der Waals surface area contributed by atoms with Crippen LogP contribution in [0.1, 0.15) is 86.0 Å². The lowest BCUT2D eigenvalue weighted by molar-refractivity contribution is 0.216. The van der Waals surface area contributed by atoms with Gasteiger partial charge in [0.1, 0.15) is 6.04 Å². The Bertz CT molecular complexity index is 1120. The zero-order valence-electron chi connectivity index (χ0n) is 18.6. The van der Waals surface area contributed by atoms with Crippen LogP contribution in [0.15, 0.2) is 23.0 Å². The third-order valence-electron chi connectivity index (χ3n) is 7.31. The normalized spacial score (nSPS) is 19.7. The maximum atomic E-state index is 13.4. The molecule has 164 valence electrons. The molecule has 1 unspecified atom stereocenters. The van der Waals surface area contributed by atoms with Gasteiger partial charge in [-0.15, -0.1) is 5.10 Å². The minimum absolute atomic E-state index is 0.0311. The summed E-state index contributed by atoms with van der Waals surface area (Å²) in [5.41, 5.74) is 3.97. The van der Waals surface area contributed by atoms with E-state index in [1.54, 1.807) is 0 Å². The predicted octanol–water partition coefficient (Wildman–Crippen LogP) is 4.21. The lowest BCUT2D eigenvalue weighted by atomic mass is 10.00. The number of tetrazole rings is 1. The molecular weight excluding hydrogens is 388 g/mol. The molecule has 1 atom stereocenters. The summed E-state index contributed by atoms with van der Waals surface area (Å²) in [5.74, 6) is 0.822. The monoisotopic (exact) mass is 420 g/mol. The summed E-state index contributed by atoms with van der Waals surface area (Å²) in [5, 5.41) is 14.0. The molecule has 2 aromatic heterocycles. The SMILES string of the molecule is Cc1ccc2cc(C(c3nnnn3C3CCCC3)N3CCCCCC3)c(=O)[nH]c2c1C. The molecule has 0 amide bonds. The Morgan fingerprint density at radius 3 is 2.52 bits per heavy atom. The van der Waals surface area contributed by atoms with Gasteiger partial charge in [0.2, 0.25) is 0 Å². The largest absolute Gasteiger partial charge is 0.321 e.